The lowest BCUT2D eigenvalue weighted by atomic mass is 10.3. The van der Waals surface area contributed by atoms with Crippen molar-refractivity contribution < 1.29 is 14.3 Å². The summed E-state index contributed by atoms with van der Waals surface area (Å²) in [5.74, 6) is -0.720. The molecule has 0 unspecified atom stereocenters. The van der Waals surface area contributed by atoms with E-state index in [1.54, 1.807) is 30.3 Å². The number of hydrogen-bond donors (Lipinski definition) is 2. The van der Waals surface area contributed by atoms with Crippen LogP contribution < -0.4 is 5.32 Å². The van der Waals surface area contributed by atoms with E-state index in [0.29, 0.717) is 11.5 Å². The topological polar surface area (TPSA) is 80.0 Å². The molecule has 0 spiro atoms. The van der Waals surface area contributed by atoms with Crippen molar-refractivity contribution in [2.75, 3.05) is 5.32 Å². The lowest BCUT2D eigenvalue weighted by Crippen LogP contribution is -2.14. The second-order valence-corrected chi connectivity index (χ2v) is 6.55. The third-order valence-corrected chi connectivity index (χ3v) is 4.62. The maximum absolute atomic E-state index is 13.7. The molecule has 6 nitrogen and oxygen atoms in total. The van der Waals surface area contributed by atoms with Crippen molar-refractivity contribution in [3.05, 3.63) is 77.7 Å². The van der Waals surface area contributed by atoms with Crippen molar-refractivity contribution in [1.82, 2.24) is 14.8 Å². The maximum Gasteiger partial charge on any atom is 0.295 e. The minimum absolute atomic E-state index is 0.0612. The molecule has 2 aromatic carbocycles. The van der Waals surface area contributed by atoms with Gasteiger partial charge in [-0.2, -0.15) is 0 Å². The molecule has 0 fully saturated rings. The fourth-order valence-corrected chi connectivity index (χ4v) is 3.22. The van der Waals surface area contributed by atoms with E-state index in [1.807, 2.05) is 17.5 Å². The van der Waals surface area contributed by atoms with Crippen LogP contribution in [0.3, 0.4) is 0 Å². The number of carbonyl (C=O) groups excluding carboxylic acids is 1. The number of hydrogen-bond acceptors (Lipinski definition) is 5. The molecule has 4 rings (SSSR count). The van der Waals surface area contributed by atoms with Gasteiger partial charge in [0.25, 0.3) is 5.91 Å². The van der Waals surface area contributed by atoms with Crippen LogP contribution in [0.1, 0.15) is 10.6 Å². The first-order valence-electron chi connectivity index (χ1n) is 7.98. The molecule has 0 aliphatic carbocycles. The number of carbonyl (C=O) groups is 1. The normalized spacial score (nSPS) is 10.7. The number of anilines is 1. The molecular formula is C19H13FN4O2S. The Hall–Kier alpha value is -3.52. The first-order valence-corrected chi connectivity index (χ1v) is 8.86. The number of rotatable bonds is 4. The first-order chi connectivity index (χ1) is 13.1. The average Bonchev–Trinajstić information content (AvgIpc) is 3.33. The predicted octanol–water partition coefficient (Wildman–Crippen LogP) is 4.09. The third-order valence-electron chi connectivity index (χ3n) is 3.76. The molecule has 2 aromatic heterocycles. The number of amides is 1. The molecule has 0 radical (unpaired) electrons. The number of benzene rings is 2. The smallest absolute Gasteiger partial charge is 0.295 e. The van der Waals surface area contributed by atoms with Crippen LogP contribution in [0.4, 0.5) is 10.1 Å². The highest BCUT2D eigenvalue weighted by Crippen LogP contribution is 2.27. The van der Waals surface area contributed by atoms with Gasteiger partial charge in [-0.05, 0) is 41.8 Å². The minimum Gasteiger partial charge on any atom is -0.506 e. The molecule has 0 aliphatic heterocycles. The fraction of sp³-hybridized carbons (Fsp3) is 0. The van der Waals surface area contributed by atoms with Crippen molar-refractivity contribution in [2.45, 2.75) is 0 Å². The van der Waals surface area contributed by atoms with Gasteiger partial charge in [-0.1, -0.05) is 24.3 Å². The van der Waals surface area contributed by atoms with Crippen LogP contribution in [0.25, 0.3) is 16.4 Å². The lowest BCUT2D eigenvalue weighted by molar-refractivity contribution is 0.101. The SMILES string of the molecule is O=C(Nc1ccccc1O)c1nc(-c2cccs2)n(-c2cccc(F)c2)n1. The van der Waals surface area contributed by atoms with Crippen molar-refractivity contribution >= 4 is 22.9 Å². The molecule has 2 N–H and O–H groups in total. The summed E-state index contributed by atoms with van der Waals surface area (Å²) in [5.41, 5.74) is 0.704. The highest BCUT2D eigenvalue weighted by atomic mass is 32.1. The number of nitrogens with one attached hydrogen (secondary N) is 1. The molecule has 1 amide bonds. The number of aromatic nitrogens is 3. The van der Waals surface area contributed by atoms with Crippen LogP contribution in [0.15, 0.2) is 66.0 Å². The third kappa shape index (κ3) is 3.42. The molecule has 0 atom stereocenters. The average molecular weight is 380 g/mol. The van der Waals surface area contributed by atoms with Gasteiger partial charge in [0.05, 0.1) is 16.3 Å². The number of phenolic OH excluding ortho intramolecular Hbond substituents is 1. The van der Waals surface area contributed by atoms with Crippen LogP contribution in [0.5, 0.6) is 5.75 Å². The summed E-state index contributed by atoms with van der Waals surface area (Å²) in [6.07, 6.45) is 0. The van der Waals surface area contributed by atoms with Gasteiger partial charge >= 0.3 is 0 Å². The van der Waals surface area contributed by atoms with Gasteiger partial charge in [-0.15, -0.1) is 16.4 Å². The molecule has 0 saturated heterocycles. The summed E-state index contributed by atoms with van der Waals surface area (Å²) in [5, 5.41) is 18.5. The summed E-state index contributed by atoms with van der Waals surface area (Å²) in [6.45, 7) is 0. The second-order valence-electron chi connectivity index (χ2n) is 5.60. The highest BCUT2D eigenvalue weighted by molar-refractivity contribution is 7.13. The van der Waals surface area contributed by atoms with Gasteiger partial charge in [0, 0.05) is 0 Å². The number of para-hydroxylation sites is 2. The van der Waals surface area contributed by atoms with Gasteiger partial charge in [0.1, 0.15) is 11.6 Å². The summed E-state index contributed by atoms with van der Waals surface area (Å²) in [7, 11) is 0. The van der Waals surface area contributed by atoms with E-state index in [1.165, 1.54) is 34.2 Å². The van der Waals surface area contributed by atoms with Gasteiger partial charge in [0.2, 0.25) is 5.82 Å². The molecule has 4 aromatic rings. The Bertz CT molecular complexity index is 1110. The quantitative estimate of drug-likeness (QED) is 0.523. The van der Waals surface area contributed by atoms with Crippen LogP contribution in [0.2, 0.25) is 0 Å². The zero-order valence-corrected chi connectivity index (χ0v) is 14.7. The monoisotopic (exact) mass is 380 g/mol. The van der Waals surface area contributed by atoms with E-state index < -0.39 is 11.7 Å². The number of thiophene rings is 1. The first kappa shape index (κ1) is 16.9. The number of phenols is 1. The van der Waals surface area contributed by atoms with Crippen molar-refractivity contribution in [1.29, 1.82) is 0 Å². The van der Waals surface area contributed by atoms with E-state index in [9.17, 15) is 14.3 Å². The molecule has 2 heterocycles. The van der Waals surface area contributed by atoms with Crippen LogP contribution in [-0.4, -0.2) is 25.8 Å². The highest BCUT2D eigenvalue weighted by Gasteiger charge is 2.20. The van der Waals surface area contributed by atoms with Crippen molar-refractivity contribution in [2.24, 2.45) is 0 Å². The van der Waals surface area contributed by atoms with Crippen molar-refractivity contribution in [3.63, 3.8) is 0 Å². The molecular weight excluding hydrogens is 367 g/mol. The summed E-state index contributed by atoms with van der Waals surface area (Å²) in [6, 6.07) is 15.9. The Balaban J connectivity index is 1.75. The standard InChI is InChI=1S/C19H13FN4O2S/c20-12-5-3-6-13(11-12)24-18(16-9-4-10-27-16)22-17(23-24)19(26)21-14-7-1-2-8-15(14)25/h1-11,25H,(H,21,26). The predicted molar refractivity (Wildman–Crippen MR) is 101 cm³/mol. The Labute approximate surface area is 157 Å². The fourth-order valence-electron chi connectivity index (χ4n) is 2.52. The summed E-state index contributed by atoms with van der Waals surface area (Å²) < 4.78 is 15.1. The molecule has 0 aliphatic rings. The lowest BCUT2D eigenvalue weighted by Gasteiger charge is -2.04. The van der Waals surface area contributed by atoms with Crippen LogP contribution in [0, 0.1) is 5.82 Å². The van der Waals surface area contributed by atoms with E-state index in [2.05, 4.69) is 15.4 Å². The minimum atomic E-state index is -0.579. The summed E-state index contributed by atoms with van der Waals surface area (Å²) >= 11 is 1.43. The van der Waals surface area contributed by atoms with Crippen LogP contribution >= 0.6 is 11.3 Å². The number of aromatic hydroxyl groups is 1. The Morgan fingerprint density at radius 1 is 1.11 bits per heavy atom. The molecule has 8 heteroatoms. The largest absolute Gasteiger partial charge is 0.506 e. The summed E-state index contributed by atoms with van der Waals surface area (Å²) in [4.78, 5) is 17.7. The molecule has 0 saturated carbocycles. The molecule has 134 valence electrons. The Kier molecular flexibility index (Phi) is 4.39. The van der Waals surface area contributed by atoms with Crippen molar-refractivity contribution in [3.8, 4) is 22.1 Å². The van der Waals surface area contributed by atoms with E-state index in [-0.39, 0.29) is 17.3 Å². The van der Waals surface area contributed by atoms with E-state index in [4.69, 9.17) is 0 Å². The molecule has 27 heavy (non-hydrogen) atoms. The van der Waals surface area contributed by atoms with E-state index >= 15 is 0 Å². The van der Waals surface area contributed by atoms with Gasteiger partial charge in [-0.3, -0.25) is 4.79 Å². The van der Waals surface area contributed by atoms with Gasteiger partial charge < -0.3 is 10.4 Å². The van der Waals surface area contributed by atoms with Gasteiger partial charge in [-0.25, -0.2) is 14.1 Å². The zero-order chi connectivity index (χ0) is 18.8. The Morgan fingerprint density at radius 3 is 2.70 bits per heavy atom. The second kappa shape index (κ2) is 7.00. The zero-order valence-electron chi connectivity index (χ0n) is 13.8. The maximum atomic E-state index is 13.7. The Morgan fingerprint density at radius 2 is 1.96 bits per heavy atom. The van der Waals surface area contributed by atoms with Gasteiger partial charge in [0.15, 0.2) is 5.82 Å². The number of halogens is 1. The van der Waals surface area contributed by atoms with E-state index in [0.717, 1.165) is 4.88 Å². The molecule has 0 bridgehead atoms. The van der Waals surface area contributed by atoms with Crippen LogP contribution in [-0.2, 0) is 0 Å². The number of nitrogens with zero attached hydrogens (tertiary/aromatic N) is 3.